The van der Waals surface area contributed by atoms with Crippen LogP contribution in [0.1, 0.15) is 53.4 Å². The van der Waals surface area contributed by atoms with Crippen LogP contribution < -0.4 is 0 Å². The molecule has 0 saturated heterocycles. The molecule has 0 aromatic carbocycles. The third-order valence-electron chi connectivity index (χ3n) is 4.74. The zero-order valence-electron chi connectivity index (χ0n) is 15.2. The molecule has 3 heteroatoms. The second kappa shape index (κ2) is 11.5. The van der Waals surface area contributed by atoms with Crippen molar-refractivity contribution in [2.24, 2.45) is 0 Å². The van der Waals surface area contributed by atoms with Crippen LogP contribution in [0.15, 0.2) is 0 Å². The van der Waals surface area contributed by atoms with Crippen LogP contribution in [-0.2, 0) is 0 Å². The average molecular weight is 286 g/mol. The van der Waals surface area contributed by atoms with Gasteiger partial charge >= 0.3 is 0 Å². The largest absolute Gasteiger partial charge is 0.307 e. The number of hydrogen-bond donors (Lipinski definition) is 0. The number of unbranched alkanes of at least 4 members (excludes halogenated alkanes) is 1. The monoisotopic (exact) mass is 285 g/mol. The highest BCUT2D eigenvalue weighted by Crippen LogP contribution is 2.08. The molecule has 0 aliphatic carbocycles. The van der Waals surface area contributed by atoms with Gasteiger partial charge < -0.3 is 14.7 Å². The lowest BCUT2D eigenvalue weighted by atomic mass is 10.1. The molecule has 122 valence electrons. The van der Waals surface area contributed by atoms with Crippen molar-refractivity contribution in [1.82, 2.24) is 14.7 Å². The van der Waals surface area contributed by atoms with Crippen LogP contribution in [-0.4, -0.2) is 74.1 Å². The molecule has 0 rings (SSSR count). The fourth-order valence-electron chi connectivity index (χ4n) is 2.24. The van der Waals surface area contributed by atoms with Crippen molar-refractivity contribution in [2.75, 3.05) is 47.3 Å². The molecule has 0 aromatic heterocycles. The van der Waals surface area contributed by atoms with Gasteiger partial charge in [-0.1, -0.05) is 20.3 Å². The number of nitrogens with zero attached hydrogens (tertiary/aromatic N) is 3. The molecular weight excluding hydrogens is 246 g/mol. The maximum Gasteiger partial charge on any atom is 0.00760 e. The Morgan fingerprint density at radius 2 is 1.25 bits per heavy atom. The SMILES string of the molecule is CCCCN(C)C(C)CCN(C)C(C)CCN(C)CC. The molecule has 3 nitrogen and oxygen atoms in total. The summed E-state index contributed by atoms with van der Waals surface area (Å²) in [6, 6.07) is 1.37. The summed E-state index contributed by atoms with van der Waals surface area (Å²) in [4.78, 5) is 7.42. The molecular formula is C17H39N3. The zero-order chi connectivity index (χ0) is 15.5. The molecule has 0 fully saturated rings. The van der Waals surface area contributed by atoms with Crippen molar-refractivity contribution >= 4 is 0 Å². The summed E-state index contributed by atoms with van der Waals surface area (Å²) in [5, 5.41) is 0. The van der Waals surface area contributed by atoms with Gasteiger partial charge in [0.05, 0.1) is 0 Å². The normalized spacial score (nSPS) is 15.3. The van der Waals surface area contributed by atoms with Crippen molar-refractivity contribution in [3.05, 3.63) is 0 Å². The molecule has 0 aliphatic heterocycles. The van der Waals surface area contributed by atoms with E-state index in [1.165, 1.54) is 45.3 Å². The first-order valence-electron chi connectivity index (χ1n) is 8.51. The topological polar surface area (TPSA) is 9.72 Å². The van der Waals surface area contributed by atoms with Crippen LogP contribution in [0.3, 0.4) is 0 Å². The van der Waals surface area contributed by atoms with E-state index in [2.05, 4.69) is 63.5 Å². The highest BCUT2D eigenvalue weighted by atomic mass is 15.2. The Bertz CT molecular complexity index is 220. The Labute approximate surface area is 128 Å². The van der Waals surface area contributed by atoms with E-state index in [0.29, 0.717) is 12.1 Å². The molecule has 0 aromatic rings. The van der Waals surface area contributed by atoms with Crippen LogP contribution in [0.2, 0.25) is 0 Å². The third kappa shape index (κ3) is 8.93. The molecule has 0 radical (unpaired) electrons. The Balaban J connectivity index is 3.86. The first-order chi connectivity index (χ1) is 9.42. The fraction of sp³-hybridized carbons (Fsp3) is 1.00. The van der Waals surface area contributed by atoms with Crippen molar-refractivity contribution in [3.63, 3.8) is 0 Å². The Morgan fingerprint density at radius 3 is 1.75 bits per heavy atom. The van der Waals surface area contributed by atoms with E-state index < -0.39 is 0 Å². The maximum atomic E-state index is 2.52. The van der Waals surface area contributed by atoms with Crippen molar-refractivity contribution in [3.8, 4) is 0 Å². The fourth-order valence-corrected chi connectivity index (χ4v) is 2.24. The van der Waals surface area contributed by atoms with Gasteiger partial charge in [0, 0.05) is 12.1 Å². The van der Waals surface area contributed by atoms with E-state index in [0.717, 1.165) is 6.54 Å². The molecule has 0 aliphatic rings. The predicted octanol–water partition coefficient (Wildman–Crippen LogP) is 3.16. The van der Waals surface area contributed by atoms with Gasteiger partial charge in [0.15, 0.2) is 0 Å². The van der Waals surface area contributed by atoms with Crippen molar-refractivity contribution < 1.29 is 0 Å². The first-order valence-corrected chi connectivity index (χ1v) is 8.51. The minimum absolute atomic E-state index is 0.678. The van der Waals surface area contributed by atoms with E-state index in [1.54, 1.807) is 0 Å². The molecule has 0 heterocycles. The lowest BCUT2D eigenvalue weighted by molar-refractivity contribution is 0.181. The highest BCUT2D eigenvalue weighted by Gasteiger charge is 2.13. The highest BCUT2D eigenvalue weighted by molar-refractivity contribution is 4.70. The number of rotatable bonds is 12. The van der Waals surface area contributed by atoms with Crippen LogP contribution in [0.4, 0.5) is 0 Å². The maximum absolute atomic E-state index is 2.52. The van der Waals surface area contributed by atoms with Gasteiger partial charge in [-0.05, 0) is 80.4 Å². The first kappa shape index (κ1) is 19.9. The zero-order valence-corrected chi connectivity index (χ0v) is 15.2. The van der Waals surface area contributed by atoms with E-state index >= 15 is 0 Å². The van der Waals surface area contributed by atoms with E-state index in [-0.39, 0.29) is 0 Å². The van der Waals surface area contributed by atoms with Gasteiger partial charge in [0.25, 0.3) is 0 Å². The van der Waals surface area contributed by atoms with Crippen molar-refractivity contribution in [1.29, 1.82) is 0 Å². The quantitative estimate of drug-likeness (QED) is 0.545. The van der Waals surface area contributed by atoms with Gasteiger partial charge in [-0.3, -0.25) is 0 Å². The summed E-state index contributed by atoms with van der Waals surface area (Å²) in [6.45, 7) is 14.0. The van der Waals surface area contributed by atoms with E-state index in [4.69, 9.17) is 0 Å². The van der Waals surface area contributed by atoms with Gasteiger partial charge in [-0.15, -0.1) is 0 Å². The Morgan fingerprint density at radius 1 is 0.750 bits per heavy atom. The summed E-state index contributed by atoms with van der Waals surface area (Å²) in [5.41, 5.74) is 0. The van der Waals surface area contributed by atoms with Crippen molar-refractivity contribution in [2.45, 2.75) is 65.5 Å². The van der Waals surface area contributed by atoms with Crippen LogP contribution >= 0.6 is 0 Å². The Hall–Kier alpha value is -0.120. The summed E-state index contributed by atoms with van der Waals surface area (Å²) in [5.74, 6) is 0. The smallest absolute Gasteiger partial charge is 0.00760 e. The lowest BCUT2D eigenvalue weighted by Crippen LogP contribution is -2.37. The van der Waals surface area contributed by atoms with Gasteiger partial charge in [-0.25, -0.2) is 0 Å². The van der Waals surface area contributed by atoms with Crippen LogP contribution in [0.5, 0.6) is 0 Å². The standard InChI is InChI=1S/C17H39N3/c1-8-10-13-19(6)17(4)12-15-20(7)16(3)11-14-18(5)9-2/h16-17H,8-15H2,1-7H3. The molecule has 2 atom stereocenters. The van der Waals surface area contributed by atoms with Crippen LogP contribution in [0.25, 0.3) is 0 Å². The van der Waals surface area contributed by atoms with Gasteiger partial charge in [0.2, 0.25) is 0 Å². The molecule has 0 spiro atoms. The van der Waals surface area contributed by atoms with Gasteiger partial charge in [0.1, 0.15) is 0 Å². The number of hydrogen-bond acceptors (Lipinski definition) is 3. The van der Waals surface area contributed by atoms with Gasteiger partial charge in [-0.2, -0.15) is 0 Å². The summed E-state index contributed by atoms with van der Waals surface area (Å²) >= 11 is 0. The molecule has 20 heavy (non-hydrogen) atoms. The molecule has 0 saturated carbocycles. The lowest BCUT2D eigenvalue weighted by Gasteiger charge is -2.30. The van der Waals surface area contributed by atoms with E-state index in [1.807, 2.05) is 0 Å². The second-order valence-corrected chi connectivity index (χ2v) is 6.49. The Kier molecular flexibility index (Phi) is 11.5. The van der Waals surface area contributed by atoms with E-state index in [9.17, 15) is 0 Å². The second-order valence-electron chi connectivity index (χ2n) is 6.49. The minimum atomic E-state index is 0.678. The molecule has 0 bridgehead atoms. The van der Waals surface area contributed by atoms with Crippen LogP contribution in [0, 0.1) is 0 Å². The molecule has 0 N–H and O–H groups in total. The third-order valence-corrected chi connectivity index (χ3v) is 4.74. The summed E-state index contributed by atoms with van der Waals surface area (Å²) in [6.07, 6.45) is 5.14. The average Bonchev–Trinajstić information content (AvgIpc) is 2.46. The summed E-state index contributed by atoms with van der Waals surface area (Å²) in [7, 11) is 6.74. The predicted molar refractivity (Wildman–Crippen MR) is 91.5 cm³/mol. The molecule has 0 amide bonds. The summed E-state index contributed by atoms with van der Waals surface area (Å²) < 4.78 is 0. The minimum Gasteiger partial charge on any atom is -0.307 e. The molecule has 2 unspecified atom stereocenters.